The van der Waals surface area contributed by atoms with Crippen molar-refractivity contribution in [2.75, 3.05) is 18.5 Å². The van der Waals surface area contributed by atoms with E-state index >= 15 is 0 Å². The fraction of sp³-hybridized carbons (Fsp3) is 0.458. The van der Waals surface area contributed by atoms with E-state index in [1.165, 1.54) is 33.9 Å². The van der Waals surface area contributed by atoms with Gasteiger partial charge in [-0.15, -0.1) is 0 Å². The maximum Gasteiger partial charge on any atom is 0.262 e. The second kappa shape index (κ2) is 7.60. The first kappa shape index (κ1) is 20.7. The Bertz CT molecular complexity index is 985. The highest BCUT2D eigenvalue weighted by Gasteiger charge is 2.43. The summed E-state index contributed by atoms with van der Waals surface area (Å²) in [6.45, 7) is 8.95. The SMILES string of the molecule is Cc1cc(C)c(C)c(CC2(NCC(O)c3ccc(O)c4c3OCC(=O)N4)CC2)c1C. The van der Waals surface area contributed by atoms with Gasteiger partial charge >= 0.3 is 0 Å². The Hall–Kier alpha value is -2.57. The van der Waals surface area contributed by atoms with E-state index in [-0.39, 0.29) is 29.5 Å². The summed E-state index contributed by atoms with van der Waals surface area (Å²) < 4.78 is 5.51. The minimum absolute atomic E-state index is 0.00277. The quantitative estimate of drug-likeness (QED) is 0.548. The standard InChI is InChI=1S/C24H30N2O4/c1-13-9-14(2)16(4)18(15(13)3)10-24(7-8-24)25-11-20(28)17-5-6-19(27)22-23(17)30-12-21(29)26-22/h5-6,9,20,25,27-28H,7-8,10-12H2,1-4H3,(H,26,29). The second-order valence-corrected chi connectivity index (χ2v) is 8.81. The van der Waals surface area contributed by atoms with Gasteiger partial charge in [0, 0.05) is 17.6 Å². The lowest BCUT2D eigenvalue weighted by Crippen LogP contribution is -2.37. The number of aromatic hydroxyl groups is 1. The molecular formula is C24H30N2O4. The number of β-amino-alcohol motifs (C(OH)–C–C–N with tert-alkyl or cyclic N) is 1. The normalized spacial score (nSPS) is 17.7. The fourth-order valence-electron chi connectivity index (χ4n) is 4.33. The van der Waals surface area contributed by atoms with Crippen LogP contribution in [0.4, 0.5) is 5.69 Å². The summed E-state index contributed by atoms with van der Waals surface area (Å²) in [6.07, 6.45) is 2.28. The number of phenols is 1. The first-order chi connectivity index (χ1) is 14.2. The van der Waals surface area contributed by atoms with E-state index in [0.29, 0.717) is 17.9 Å². The van der Waals surface area contributed by atoms with Crippen LogP contribution in [0.3, 0.4) is 0 Å². The Morgan fingerprint density at radius 3 is 2.47 bits per heavy atom. The van der Waals surface area contributed by atoms with Crippen LogP contribution in [-0.4, -0.2) is 34.8 Å². The monoisotopic (exact) mass is 410 g/mol. The summed E-state index contributed by atoms with van der Waals surface area (Å²) >= 11 is 0. The Kier molecular flexibility index (Phi) is 5.24. The summed E-state index contributed by atoms with van der Waals surface area (Å²) in [6, 6.07) is 5.37. The molecule has 1 atom stereocenters. The summed E-state index contributed by atoms with van der Waals surface area (Å²) in [5, 5.41) is 27.1. The number of carbonyl (C=O) groups excluding carboxylic acids is 1. The number of carbonyl (C=O) groups is 1. The third-order valence-electron chi connectivity index (χ3n) is 6.70. The third-order valence-corrected chi connectivity index (χ3v) is 6.70. The van der Waals surface area contributed by atoms with Crippen molar-refractivity contribution in [2.45, 2.75) is 58.6 Å². The van der Waals surface area contributed by atoms with Gasteiger partial charge in [0.15, 0.2) is 12.4 Å². The molecule has 0 spiro atoms. The second-order valence-electron chi connectivity index (χ2n) is 8.81. The predicted octanol–water partition coefficient (Wildman–Crippen LogP) is 3.36. The van der Waals surface area contributed by atoms with Gasteiger partial charge in [-0.25, -0.2) is 0 Å². The van der Waals surface area contributed by atoms with E-state index in [2.05, 4.69) is 44.4 Å². The predicted molar refractivity (Wildman–Crippen MR) is 116 cm³/mol. The number of hydrogen-bond donors (Lipinski definition) is 4. The van der Waals surface area contributed by atoms with Crippen LogP contribution in [0.1, 0.15) is 52.3 Å². The van der Waals surface area contributed by atoms with Crippen molar-refractivity contribution in [2.24, 2.45) is 0 Å². The molecule has 1 aliphatic heterocycles. The van der Waals surface area contributed by atoms with Gasteiger partial charge in [-0.2, -0.15) is 0 Å². The maximum atomic E-state index is 11.6. The van der Waals surface area contributed by atoms with Crippen molar-refractivity contribution in [1.82, 2.24) is 5.32 Å². The molecule has 0 saturated heterocycles. The van der Waals surface area contributed by atoms with Crippen molar-refractivity contribution >= 4 is 11.6 Å². The average Bonchev–Trinajstić information content (AvgIpc) is 3.48. The fourth-order valence-corrected chi connectivity index (χ4v) is 4.33. The minimum atomic E-state index is -0.812. The van der Waals surface area contributed by atoms with Crippen LogP contribution in [0, 0.1) is 27.7 Å². The lowest BCUT2D eigenvalue weighted by Gasteiger charge is -2.26. The number of benzene rings is 2. The summed E-state index contributed by atoms with van der Waals surface area (Å²) in [4.78, 5) is 11.6. The Balaban J connectivity index is 1.50. The van der Waals surface area contributed by atoms with Crippen molar-refractivity contribution in [1.29, 1.82) is 0 Å². The number of nitrogens with one attached hydrogen (secondary N) is 2. The minimum Gasteiger partial charge on any atom is -0.506 e. The molecule has 160 valence electrons. The molecule has 2 aromatic rings. The number of phenolic OH excluding ortho intramolecular Hbond substituents is 1. The van der Waals surface area contributed by atoms with E-state index in [1.807, 2.05) is 0 Å². The molecule has 1 saturated carbocycles. The van der Waals surface area contributed by atoms with Crippen LogP contribution >= 0.6 is 0 Å². The molecule has 1 fully saturated rings. The topological polar surface area (TPSA) is 90.8 Å². The molecular weight excluding hydrogens is 380 g/mol. The molecule has 1 heterocycles. The summed E-state index contributed by atoms with van der Waals surface area (Å²) in [5.41, 5.74) is 7.53. The average molecular weight is 411 g/mol. The highest BCUT2D eigenvalue weighted by molar-refractivity contribution is 5.97. The zero-order chi connectivity index (χ0) is 21.6. The molecule has 1 aliphatic carbocycles. The zero-order valence-electron chi connectivity index (χ0n) is 18.1. The molecule has 1 unspecified atom stereocenters. The maximum absolute atomic E-state index is 11.6. The van der Waals surface area contributed by atoms with Crippen molar-refractivity contribution in [3.63, 3.8) is 0 Å². The zero-order valence-corrected chi connectivity index (χ0v) is 18.1. The summed E-state index contributed by atoms with van der Waals surface area (Å²) in [5.74, 6) is -0.0465. The number of rotatable bonds is 6. The number of amides is 1. The van der Waals surface area contributed by atoms with E-state index in [0.717, 1.165) is 19.3 Å². The number of aliphatic hydroxyl groups excluding tert-OH is 1. The Morgan fingerprint density at radius 2 is 1.83 bits per heavy atom. The van der Waals surface area contributed by atoms with Crippen molar-refractivity contribution in [3.8, 4) is 11.5 Å². The van der Waals surface area contributed by atoms with Crippen LogP contribution in [0.25, 0.3) is 0 Å². The van der Waals surface area contributed by atoms with Gasteiger partial charge in [-0.3, -0.25) is 4.79 Å². The van der Waals surface area contributed by atoms with E-state index in [4.69, 9.17) is 4.74 Å². The highest BCUT2D eigenvalue weighted by Crippen LogP contribution is 2.43. The number of aryl methyl sites for hydroxylation is 2. The Morgan fingerprint density at radius 1 is 1.17 bits per heavy atom. The number of hydrogen-bond acceptors (Lipinski definition) is 5. The van der Waals surface area contributed by atoms with Gasteiger partial charge in [0.1, 0.15) is 11.4 Å². The van der Waals surface area contributed by atoms with Crippen LogP contribution < -0.4 is 15.4 Å². The third kappa shape index (κ3) is 3.77. The van der Waals surface area contributed by atoms with Gasteiger partial charge in [0.25, 0.3) is 5.91 Å². The van der Waals surface area contributed by atoms with Crippen molar-refractivity contribution < 1.29 is 19.7 Å². The van der Waals surface area contributed by atoms with Gasteiger partial charge in [-0.1, -0.05) is 6.07 Å². The smallest absolute Gasteiger partial charge is 0.262 e. The Labute approximate surface area is 177 Å². The highest BCUT2D eigenvalue weighted by atomic mass is 16.5. The molecule has 2 aromatic carbocycles. The first-order valence-corrected chi connectivity index (χ1v) is 10.5. The van der Waals surface area contributed by atoms with Crippen LogP contribution in [0.5, 0.6) is 11.5 Å². The molecule has 4 rings (SSSR count). The largest absolute Gasteiger partial charge is 0.506 e. The lowest BCUT2D eigenvalue weighted by atomic mass is 9.89. The van der Waals surface area contributed by atoms with E-state index in [9.17, 15) is 15.0 Å². The van der Waals surface area contributed by atoms with Crippen LogP contribution in [0.2, 0.25) is 0 Å². The molecule has 0 bridgehead atoms. The van der Waals surface area contributed by atoms with Gasteiger partial charge in [-0.05, 0) is 86.9 Å². The van der Waals surface area contributed by atoms with Gasteiger partial charge in [0.05, 0.1) is 6.10 Å². The number of aliphatic hydroxyl groups is 1. The van der Waals surface area contributed by atoms with Crippen molar-refractivity contribution in [3.05, 3.63) is 51.6 Å². The van der Waals surface area contributed by atoms with Crippen LogP contribution in [0.15, 0.2) is 18.2 Å². The molecule has 0 radical (unpaired) electrons. The molecule has 6 nitrogen and oxygen atoms in total. The molecule has 6 heteroatoms. The summed E-state index contributed by atoms with van der Waals surface area (Å²) in [7, 11) is 0. The van der Waals surface area contributed by atoms with E-state index < -0.39 is 6.10 Å². The molecule has 30 heavy (non-hydrogen) atoms. The van der Waals surface area contributed by atoms with Crippen LogP contribution in [-0.2, 0) is 11.2 Å². The number of ether oxygens (including phenoxy) is 1. The lowest BCUT2D eigenvalue weighted by molar-refractivity contribution is -0.118. The number of fused-ring (bicyclic) bond motifs is 1. The van der Waals surface area contributed by atoms with Gasteiger partial charge < -0.3 is 25.6 Å². The molecule has 1 amide bonds. The van der Waals surface area contributed by atoms with Gasteiger partial charge in [0.2, 0.25) is 0 Å². The first-order valence-electron chi connectivity index (χ1n) is 10.5. The molecule has 2 aliphatic rings. The number of anilines is 1. The molecule has 4 N–H and O–H groups in total. The molecule has 0 aromatic heterocycles. The van der Waals surface area contributed by atoms with E-state index in [1.54, 1.807) is 6.07 Å².